The normalized spacial score (nSPS) is 23.4. The first kappa shape index (κ1) is 32.4. The lowest BCUT2D eigenvalue weighted by Gasteiger charge is -2.36. The molecule has 2 aromatic carbocycles. The fourth-order valence-electron chi connectivity index (χ4n) is 7.07. The number of rotatable bonds is 12. The Balaban J connectivity index is 1.18. The highest BCUT2D eigenvalue weighted by atomic mass is 32.2. The summed E-state index contributed by atoms with van der Waals surface area (Å²) in [5.74, 6) is -1.56. The van der Waals surface area contributed by atoms with Gasteiger partial charge >= 0.3 is 5.97 Å². The molecule has 2 amide bonds. The lowest BCUT2D eigenvalue weighted by Crippen LogP contribution is -2.50. The molecule has 1 aliphatic heterocycles. The maximum atomic E-state index is 13.7. The molecule has 2 saturated carbocycles. The van der Waals surface area contributed by atoms with Gasteiger partial charge in [0.05, 0.1) is 17.9 Å². The lowest BCUT2D eigenvalue weighted by molar-refractivity contribution is -0.147. The quantitative estimate of drug-likeness (QED) is 0.211. The van der Waals surface area contributed by atoms with Gasteiger partial charge in [-0.1, -0.05) is 50.2 Å². The van der Waals surface area contributed by atoms with Crippen molar-refractivity contribution in [3.05, 3.63) is 72.1 Å². The van der Waals surface area contributed by atoms with Gasteiger partial charge in [0.1, 0.15) is 24.2 Å². The van der Waals surface area contributed by atoms with E-state index in [0.717, 1.165) is 12.0 Å². The molecule has 1 aromatic heterocycles. The maximum Gasteiger partial charge on any atom is 0.324 e. The van der Waals surface area contributed by atoms with Gasteiger partial charge in [0.25, 0.3) is 5.91 Å². The minimum Gasteiger partial charge on any atom is -0.478 e. The van der Waals surface area contributed by atoms with Gasteiger partial charge in [-0.3, -0.25) is 24.5 Å². The van der Waals surface area contributed by atoms with Crippen LogP contribution in [-0.2, 0) is 47.0 Å². The molecule has 0 saturated heterocycles. The number of carbonyl (C=O) groups excluding carboxylic acids is 4. The molecule has 2 bridgehead atoms. The standard InChI is InChI=1S/C33H37N5O8S/c1-32(2)22-10-11-33(32,27(39)16-22)19-47(43,44)38-24(30(42)45-18-20-6-4-3-5-7-20)15-21-8-9-25-23(14-21)36-29(41)26(46-25)17-28(40)37-31-34-12-13-35-31/h3-9,12-14,22,24,26,38H,10-11,15-19H2,1-2H3,(H,36,41)(H2,34,35,37,40)/t22?,24-,26?,33-/m0/s1. The van der Waals surface area contributed by atoms with Crippen molar-refractivity contribution in [2.45, 2.75) is 64.7 Å². The number of Topliss-reactive ketones (excluding diaryl/α,β-unsaturated/α-hetero) is 1. The number of anilines is 2. The summed E-state index contributed by atoms with van der Waals surface area (Å²) in [6.07, 6.45) is 3.22. The number of amides is 2. The number of aromatic amines is 1. The highest BCUT2D eigenvalue weighted by molar-refractivity contribution is 7.89. The van der Waals surface area contributed by atoms with Crippen LogP contribution in [0.2, 0.25) is 0 Å². The molecule has 248 valence electrons. The first-order valence-corrected chi connectivity index (χ1v) is 17.1. The second-order valence-electron chi connectivity index (χ2n) is 13.0. The van der Waals surface area contributed by atoms with Crippen molar-refractivity contribution in [2.24, 2.45) is 16.7 Å². The van der Waals surface area contributed by atoms with Crippen LogP contribution in [-0.4, -0.2) is 59.9 Å². The third-order valence-electron chi connectivity index (χ3n) is 9.84. The highest BCUT2D eigenvalue weighted by Crippen LogP contribution is 2.64. The average Bonchev–Trinajstić information content (AvgIpc) is 3.66. The predicted molar refractivity (Wildman–Crippen MR) is 171 cm³/mol. The van der Waals surface area contributed by atoms with E-state index >= 15 is 0 Å². The van der Waals surface area contributed by atoms with Crippen molar-refractivity contribution in [1.82, 2.24) is 14.7 Å². The number of nitrogens with one attached hydrogen (secondary N) is 4. The molecule has 3 aliphatic rings. The van der Waals surface area contributed by atoms with E-state index in [1.165, 1.54) is 6.20 Å². The zero-order chi connectivity index (χ0) is 33.4. The van der Waals surface area contributed by atoms with Crippen molar-refractivity contribution < 1.29 is 37.1 Å². The molecule has 2 aliphatic carbocycles. The number of ether oxygens (including phenoxy) is 2. The Kier molecular flexibility index (Phi) is 8.66. The molecular weight excluding hydrogens is 626 g/mol. The molecule has 6 rings (SSSR count). The topological polar surface area (TPSA) is 186 Å². The summed E-state index contributed by atoms with van der Waals surface area (Å²) in [6, 6.07) is 12.5. The monoisotopic (exact) mass is 663 g/mol. The van der Waals surface area contributed by atoms with Crippen molar-refractivity contribution in [3.63, 3.8) is 0 Å². The first-order valence-electron chi connectivity index (χ1n) is 15.5. The van der Waals surface area contributed by atoms with Gasteiger partial charge in [0, 0.05) is 24.2 Å². The first-order chi connectivity index (χ1) is 22.3. The van der Waals surface area contributed by atoms with Gasteiger partial charge in [0.2, 0.25) is 21.9 Å². The summed E-state index contributed by atoms with van der Waals surface area (Å²) in [6.45, 7) is 3.85. The van der Waals surface area contributed by atoms with E-state index in [4.69, 9.17) is 9.47 Å². The average molecular weight is 664 g/mol. The zero-order valence-corrected chi connectivity index (χ0v) is 26.9. The molecule has 0 spiro atoms. The number of hydrogen-bond donors (Lipinski definition) is 4. The fourth-order valence-corrected chi connectivity index (χ4v) is 9.10. The van der Waals surface area contributed by atoms with Crippen LogP contribution < -0.4 is 20.1 Å². The second-order valence-corrected chi connectivity index (χ2v) is 14.8. The van der Waals surface area contributed by atoms with E-state index in [0.29, 0.717) is 29.8 Å². The minimum atomic E-state index is -4.13. The van der Waals surface area contributed by atoms with E-state index in [2.05, 4.69) is 25.3 Å². The Labute approximate surface area is 272 Å². The molecule has 4 N–H and O–H groups in total. The Morgan fingerprint density at radius 3 is 2.60 bits per heavy atom. The molecule has 2 unspecified atom stereocenters. The van der Waals surface area contributed by atoms with E-state index in [1.807, 2.05) is 19.9 Å². The van der Waals surface area contributed by atoms with Crippen LogP contribution >= 0.6 is 0 Å². The van der Waals surface area contributed by atoms with E-state index in [-0.39, 0.29) is 37.1 Å². The summed E-state index contributed by atoms with van der Waals surface area (Å²) in [5, 5.41) is 5.28. The number of benzene rings is 2. The smallest absolute Gasteiger partial charge is 0.324 e. The van der Waals surface area contributed by atoms with E-state index < -0.39 is 56.5 Å². The summed E-state index contributed by atoms with van der Waals surface area (Å²) in [4.78, 5) is 58.4. The molecular formula is C33H37N5O8S. The SMILES string of the molecule is CC1(C)C2CC[C@]1(CS(=O)(=O)N[C@@H](Cc1ccc3c(c1)NC(=O)C(CC(=O)Nc1ncc[nH]1)O3)C(=O)OCc1ccccc1)C(=O)C2. The number of sulfonamides is 1. The van der Waals surface area contributed by atoms with Crippen molar-refractivity contribution in [3.8, 4) is 5.75 Å². The largest absolute Gasteiger partial charge is 0.478 e. The van der Waals surface area contributed by atoms with Crippen LogP contribution in [0.3, 0.4) is 0 Å². The molecule has 13 nitrogen and oxygen atoms in total. The van der Waals surface area contributed by atoms with Crippen LogP contribution in [0, 0.1) is 16.7 Å². The Hall–Kier alpha value is -4.56. The third-order valence-corrected chi connectivity index (χ3v) is 11.4. The third kappa shape index (κ3) is 6.65. The Morgan fingerprint density at radius 2 is 1.91 bits per heavy atom. The molecule has 47 heavy (non-hydrogen) atoms. The van der Waals surface area contributed by atoms with Crippen molar-refractivity contribution in [1.29, 1.82) is 0 Å². The van der Waals surface area contributed by atoms with Gasteiger partial charge in [-0.2, -0.15) is 0 Å². The van der Waals surface area contributed by atoms with Crippen LogP contribution in [0.5, 0.6) is 5.75 Å². The number of esters is 1. The number of hydrogen-bond acceptors (Lipinski definition) is 9. The Morgan fingerprint density at radius 1 is 1.13 bits per heavy atom. The number of ketones is 1. The summed E-state index contributed by atoms with van der Waals surface area (Å²) >= 11 is 0. The minimum absolute atomic E-state index is 0.0468. The van der Waals surface area contributed by atoms with Gasteiger partial charge in [-0.15, -0.1) is 0 Å². The molecule has 3 aromatic rings. The zero-order valence-electron chi connectivity index (χ0n) is 26.1. The van der Waals surface area contributed by atoms with E-state index in [9.17, 15) is 27.6 Å². The number of aromatic nitrogens is 2. The van der Waals surface area contributed by atoms with Crippen molar-refractivity contribution >= 4 is 45.2 Å². The molecule has 2 fully saturated rings. The number of nitrogens with zero attached hydrogens (tertiary/aromatic N) is 1. The predicted octanol–water partition coefficient (Wildman–Crippen LogP) is 3.11. The summed E-state index contributed by atoms with van der Waals surface area (Å²) < 4.78 is 41.3. The Bertz CT molecular complexity index is 1790. The molecule has 14 heteroatoms. The number of fused-ring (bicyclic) bond motifs is 3. The van der Waals surface area contributed by atoms with Crippen LogP contribution in [0.15, 0.2) is 60.9 Å². The summed E-state index contributed by atoms with van der Waals surface area (Å²) in [5.41, 5.74) is 0.0699. The van der Waals surface area contributed by atoms with Gasteiger partial charge in [-0.25, -0.2) is 18.1 Å². The molecule has 0 radical (unpaired) electrons. The van der Waals surface area contributed by atoms with Crippen molar-refractivity contribution in [2.75, 3.05) is 16.4 Å². The number of imidazole rings is 1. The fraction of sp³-hybridized carbons (Fsp3) is 0.424. The van der Waals surface area contributed by atoms with Gasteiger partial charge in [0.15, 0.2) is 6.10 Å². The van der Waals surface area contributed by atoms with Crippen LogP contribution in [0.4, 0.5) is 11.6 Å². The van der Waals surface area contributed by atoms with Crippen LogP contribution in [0.1, 0.15) is 50.7 Å². The summed E-state index contributed by atoms with van der Waals surface area (Å²) in [7, 11) is -4.13. The lowest BCUT2D eigenvalue weighted by atomic mass is 9.70. The molecule has 4 atom stereocenters. The van der Waals surface area contributed by atoms with E-state index in [1.54, 1.807) is 48.7 Å². The molecule has 2 heterocycles. The van der Waals surface area contributed by atoms with Gasteiger partial charge < -0.3 is 19.8 Å². The number of carbonyl (C=O) groups is 4. The highest BCUT2D eigenvalue weighted by Gasteiger charge is 2.65. The number of H-pyrrole nitrogens is 1. The van der Waals surface area contributed by atoms with Gasteiger partial charge in [-0.05, 0) is 53.9 Å². The van der Waals surface area contributed by atoms with Crippen LogP contribution in [0.25, 0.3) is 0 Å². The second kappa shape index (κ2) is 12.6. The maximum absolute atomic E-state index is 13.7.